The van der Waals surface area contributed by atoms with Crippen molar-refractivity contribution in [3.8, 4) is 0 Å². The summed E-state index contributed by atoms with van der Waals surface area (Å²) in [6, 6.07) is 30.5. The Hall–Kier alpha value is -2.30. The minimum absolute atomic E-state index is 0.0212. The van der Waals surface area contributed by atoms with E-state index in [0.29, 0.717) is 5.56 Å². The molecule has 44 heavy (non-hydrogen) atoms. The number of esters is 1. The average Bonchev–Trinajstić information content (AvgIpc) is 3.32. The third kappa shape index (κ3) is 8.09. The highest BCUT2D eigenvalue weighted by Gasteiger charge is 2.51. The Morgan fingerprint density at radius 1 is 0.886 bits per heavy atom. The Morgan fingerprint density at radius 3 is 1.91 bits per heavy atom. The average molecular weight is 727 g/mol. The van der Waals surface area contributed by atoms with Gasteiger partial charge in [0.15, 0.2) is 5.79 Å². The highest BCUT2D eigenvalue weighted by Crippen LogP contribution is 2.39. The fourth-order valence-electron chi connectivity index (χ4n) is 5.97. The monoisotopic (exact) mass is 726 g/mol. The van der Waals surface area contributed by atoms with Gasteiger partial charge in [0.1, 0.15) is 12.2 Å². The molecule has 0 N–H and O–H groups in total. The summed E-state index contributed by atoms with van der Waals surface area (Å²) in [5.41, 5.74) is 0.506. The van der Waals surface area contributed by atoms with Gasteiger partial charge in [0, 0.05) is 10.5 Å². The Balaban J connectivity index is 1.65. The lowest BCUT2D eigenvalue weighted by atomic mass is 10.0. The number of carbonyl (C=O) groups excluding carboxylic acids is 1. The molecule has 5 nitrogen and oxygen atoms in total. The molecular formula is C37H47IO5Si. The van der Waals surface area contributed by atoms with E-state index in [4.69, 9.17) is 18.6 Å². The molecule has 236 valence electrons. The van der Waals surface area contributed by atoms with Gasteiger partial charge in [-0.25, -0.2) is 4.79 Å². The van der Waals surface area contributed by atoms with Crippen molar-refractivity contribution in [2.24, 2.45) is 5.92 Å². The molecular weight excluding hydrogens is 679 g/mol. The number of ether oxygens (including phenoxy) is 3. The zero-order valence-corrected chi connectivity index (χ0v) is 30.2. The summed E-state index contributed by atoms with van der Waals surface area (Å²) in [4.78, 5) is 13.3. The maximum absolute atomic E-state index is 13.3. The van der Waals surface area contributed by atoms with E-state index in [1.807, 2.05) is 38.1 Å². The van der Waals surface area contributed by atoms with Gasteiger partial charge in [0.05, 0.1) is 11.7 Å². The van der Waals surface area contributed by atoms with Crippen molar-refractivity contribution >= 4 is 47.3 Å². The van der Waals surface area contributed by atoms with Gasteiger partial charge in [-0.05, 0) is 66.7 Å². The lowest BCUT2D eigenvalue weighted by Gasteiger charge is -2.45. The minimum atomic E-state index is -2.73. The maximum Gasteiger partial charge on any atom is 0.338 e. The van der Waals surface area contributed by atoms with Gasteiger partial charge in [-0.3, -0.25) is 0 Å². The molecule has 1 heterocycles. The van der Waals surface area contributed by atoms with Crippen molar-refractivity contribution in [2.75, 3.05) is 4.43 Å². The number of halogens is 1. The zero-order chi connectivity index (χ0) is 32.0. The summed E-state index contributed by atoms with van der Waals surface area (Å²) in [6.45, 7) is 15.0. The minimum Gasteiger partial charge on any atom is -0.452 e. The first-order chi connectivity index (χ1) is 20.9. The normalized spacial score (nSPS) is 20.7. The third-order valence-corrected chi connectivity index (χ3v) is 14.1. The van der Waals surface area contributed by atoms with Crippen LogP contribution >= 0.6 is 22.6 Å². The number of benzene rings is 3. The van der Waals surface area contributed by atoms with E-state index in [1.54, 1.807) is 12.1 Å². The van der Waals surface area contributed by atoms with E-state index in [-0.39, 0.29) is 29.1 Å². The Labute approximate surface area is 278 Å². The van der Waals surface area contributed by atoms with Gasteiger partial charge in [-0.1, -0.05) is 135 Å². The van der Waals surface area contributed by atoms with Crippen LogP contribution in [0.25, 0.3) is 0 Å². The molecule has 0 aromatic heterocycles. The van der Waals surface area contributed by atoms with Gasteiger partial charge in [-0.2, -0.15) is 0 Å². The molecule has 0 saturated carbocycles. The molecule has 0 radical (unpaired) electrons. The molecule has 1 aliphatic rings. The third-order valence-electron chi connectivity index (χ3n) is 8.32. The molecule has 1 aliphatic heterocycles. The fourth-order valence-corrected chi connectivity index (χ4v) is 11.4. The largest absolute Gasteiger partial charge is 0.452 e. The predicted molar refractivity (Wildman–Crippen MR) is 189 cm³/mol. The van der Waals surface area contributed by atoms with E-state index in [2.05, 4.69) is 124 Å². The van der Waals surface area contributed by atoms with Gasteiger partial charge in [-0.15, -0.1) is 0 Å². The molecule has 5 atom stereocenters. The second-order valence-electron chi connectivity index (χ2n) is 13.1. The molecule has 0 bridgehead atoms. The standard InChI is InChI=1S/C37H47IO5Si/c1-27(28(2)43-44(36(3,4)5,30-19-13-9-14-20-30)31-21-15-10-16-22-31)23-24-32(40-35(39)29-17-11-8-12-18-29)34-33(25-26-38)41-37(6,7)42-34/h8-24,27-28,32-34H,25-26H2,1-7H3/b24-23-/t27-,28+,32?,33+,34?/m1/s1. The van der Waals surface area contributed by atoms with E-state index in [9.17, 15) is 4.79 Å². The lowest BCUT2D eigenvalue weighted by molar-refractivity contribution is -0.153. The second kappa shape index (κ2) is 14.9. The molecule has 3 aromatic carbocycles. The maximum atomic E-state index is 13.3. The van der Waals surface area contributed by atoms with Gasteiger partial charge in [0.2, 0.25) is 0 Å². The van der Waals surface area contributed by atoms with Crippen molar-refractivity contribution in [3.05, 3.63) is 109 Å². The summed E-state index contributed by atoms with van der Waals surface area (Å²) in [7, 11) is -2.73. The van der Waals surface area contributed by atoms with Crippen LogP contribution in [0.1, 0.15) is 65.2 Å². The molecule has 0 amide bonds. The number of rotatable bonds is 12. The SMILES string of the molecule is C[C@H](/C=C\C(OC(=O)c1ccccc1)C1OC(C)(C)O[C@H]1CCI)[C@H](C)O[Si](c1ccccc1)(c1ccccc1)C(C)(C)C. The molecule has 4 rings (SSSR count). The highest BCUT2D eigenvalue weighted by molar-refractivity contribution is 14.1. The topological polar surface area (TPSA) is 54.0 Å². The molecule has 2 unspecified atom stereocenters. The molecule has 3 aromatic rings. The van der Waals surface area contributed by atoms with Crippen LogP contribution in [-0.2, 0) is 18.6 Å². The number of carbonyl (C=O) groups is 1. The quantitative estimate of drug-likeness (QED) is 0.0630. The molecule has 0 spiro atoms. The van der Waals surface area contributed by atoms with Crippen LogP contribution in [-0.4, -0.2) is 48.9 Å². The second-order valence-corrected chi connectivity index (χ2v) is 18.4. The van der Waals surface area contributed by atoms with Crippen molar-refractivity contribution in [1.29, 1.82) is 0 Å². The van der Waals surface area contributed by atoms with Crippen LogP contribution in [0.15, 0.2) is 103 Å². The summed E-state index contributed by atoms with van der Waals surface area (Å²) in [5.74, 6) is -1.13. The van der Waals surface area contributed by atoms with Crippen molar-refractivity contribution in [2.45, 2.75) is 90.1 Å². The van der Waals surface area contributed by atoms with Gasteiger partial charge in [0.25, 0.3) is 8.32 Å². The van der Waals surface area contributed by atoms with E-state index in [0.717, 1.165) is 10.8 Å². The van der Waals surface area contributed by atoms with Crippen molar-refractivity contribution in [1.82, 2.24) is 0 Å². The summed E-state index contributed by atoms with van der Waals surface area (Å²) >= 11 is 2.35. The molecule has 1 saturated heterocycles. The fraction of sp³-hybridized carbons (Fsp3) is 0.432. The predicted octanol–water partition coefficient (Wildman–Crippen LogP) is 7.71. The van der Waals surface area contributed by atoms with Crippen LogP contribution in [0.2, 0.25) is 5.04 Å². The zero-order valence-electron chi connectivity index (χ0n) is 27.0. The first-order valence-corrected chi connectivity index (χ1v) is 19.0. The lowest BCUT2D eigenvalue weighted by Crippen LogP contribution is -2.67. The van der Waals surface area contributed by atoms with Crippen LogP contribution in [0.4, 0.5) is 0 Å². The van der Waals surface area contributed by atoms with E-state index in [1.165, 1.54) is 10.4 Å². The number of hydrogen-bond donors (Lipinski definition) is 0. The Bertz CT molecular complexity index is 1320. The summed E-state index contributed by atoms with van der Waals surface area (Å²) in [5, 5.41) is 2.36. The first-order valence-electron chi connectivity index (χ1n) is 15.5. The van der Waals surface area contributed by atoms with Crippen LogP contribution in [0, 0.1) is 5.92 Å². The molecule has 0 aliphatic carbocycles. The van der Waals surface area contributed by atoms with Crippen LogP contribution in [0.3, 0.4) is 0 Å². The van der Waals surface area contributed by atoms with E-state index < -0.39 is 26.3 Å². The first kappa shape index (κ1) is 34.6. The Morgan fingerprint density at radius 2 is 1.41 bits per heavy atom. The van der Waals surface area contributed by atoms with Crippen LogP contribution < -0.4 is 10.4 Å². The number of alkyl halides is 1. The molecule has 1 fully saturated rings. The highest BCUT2D eigenvalue weighted by atomic mass is 127. The summed E-state index contributed by atoms with van der Waals surface area (Å²) < 4.78 is 27.0. The Kier molecular flexibility index (Phi) is 11.7. The van der Waals surface area contributed by atoms with Gasteiger partial charge >= 0.3 is 5.97 Å². The molecule has 7 heteroatoms. The van der Waals surface area contributed by atoms with Crippen molar-refractivity contribution < 1.29 is 23.4 Å². The van der Waals surface area contributed by atoms with Gasteiger partial charge < -0.3 is 18.6 Å². The number of hydrogen-bond acceptors (Lipinski definition) is 5. The van der Waals surface area contributed by atoms with Crippen molar-refractivity contribution in [3.63, 3.8) is 0 Å². The smallest absolute Gasteiger partial charge is 0.338 e. The van der Waals surface area contributed by atoms with Crippen LogP contribution in [0.5, 0.6) is 0 Å². The summed E-state index contributed by atoms with van der Waals surface area (Å²) in [6.07, 6.45) is 3.52. The van der Waals surface area contributed by atoms with E-state index >= 15 is 0 Å².